The largest absolute Gasteiger partial charge is 0.465 e. The molecule has 0 aliphatic carbocycles. The van der Waals surface area contributed by atoms with Crippen molar-refractivity contribution in [3.8, 4) is 0 Å². The highest BCUT2D eigenvalue weighted by atomic mass is 35.5. The number of nitrogens with zero attached hydrogens (tertiary/aromatic N) is 2. The fraction of sp³-hybridized carbons (Fsp3) is 0.227. The smallest absolute Gasteiger partial charge is 0.337 e. The van der Waals surface area contributed by atoms with Gasteiger partial charge in [0.05, 0.1) is 18.4 Å². The Morgan fingerprint density at radius 2 is 1.65 bits per heavy atom. The molecule has 0 bridgehead atoms. The molecule has 1 heterocycles. The van der Waals surface area contributed by atoms with Crippen molar-refractivity contribution in [1.29, 1.82) is 0 Å². The molecule has 0 saturated carbocycles. The van der Waals surface area contributed by atoms with Crippen LogP contribution in [0.4, 0.5) is 11.4 Å². The SMILES string of the molecule is COC(=O)c1ccc(N2NC(=O)C(=Cc3ccc(N(CCCl)CCCl)cc3)C2=O)cc1. The fourth-order valence-corrected chi connectivity index (χ4v) is 3.53. The van der Waals surface area contributed by atoms with Crippen molar-refractivity contribution in [3.63, 3.8) is 0 Å². The van der Waals surface area contributed by atoms with E-state index in [1.54, 1.807) is 12.1 Å². The van der Waals surface area contributed by atoms with Gasteiger partial charge in [-0.15, -0.1) is 23.2 Å². The first-order chi connectivity index (χ1) is 15.0. The third-order valence-corrected chi connectivity index (χ3v) is 5.05. The van der Waals surface area contributed by atoms with E-state index >= 15 is 0 Å². The summed E-state index contributed by atoms with van der Waals surface area (Å²) in [4.78, 5) is 38.8. The number of halogens is 2. The molecule has 0 radical (unpaired) electrons. The standard InChI is InChI=1S/C22H21Cl2N3O4/c1-31-22(30)16-4-8-18(9-5-16)27-21(29)19(20(28)25-27)14-15-2-6-17(7-3-15)26(12-10-23)13-11-24/h2-9,14H,10-13H2,1H3,(H,25,28). The van der Waals surface area contributed by atoms with Gasteiger partial charge in [0.2, 0.25) is 0 Å². The first-order valence-corrected chi connectivity index (χ1v) is 10.6. The summed E-state index contributed by atoms with van der Waals surface area (Å²) in [5, 5.41) is 1.15. The van der Waals surface area contributed by atoms with Crippen molar-refractivity contribution >= 4 is 58.4 Å². The lowest BCUT2D eigenvalue weighted by Crippen LogP contribution is -2.35. The summed E-state index contributed by atoms with van der Waals surface area (Å²) in [5.74, 6) is -0.507. The molecule has 1 saturated heterocycles. The summed E-state index contributed by atoms with van der Waals surface area (Å²) >= 11 is 11.7. The van der Waals surface area contributed by atoms with Crippen molar-refractivity contribution in [2.45, 2.75) is 0 Å². The number of alkyl halides is 2. The molecular weight excluding hydrogens is 441 g/mol. The van der Waals surface area contributed by atoms with E-state index in [2.05, 4.69) is 15.1 Å². The monoisotopic (exact) mass is 461 g/mol. The highest BCUT2D eigenvalue weighted by molar-refractivity contribution is 6.31. The molecule has 2 aromatic carbocycles. The molecule has 0 spiro atoms. The van der Waals surface area contributed by atoms with Gasteiger partial charge in [0.25, 0.3) is 11.8 Å². The van der Waals surface area contributed by atoms with Crippen LogP contribution in [-0.4, -0.2) is 49.7 Å². The summed E-state index contributed by atoms with van der Waals surface area (Å²) < 4.78 is 4.66. The van der Waals surface area contributed by atoms with Crippen molar-refractivity contribution in [3.05, 3.63) is 65.2 Å². The second-order valence-electron chi connectivity index (χ2n) is 6.63. The van der Waals surface area contributed by atoms with Crippen LogP contribution in [-0.2, 0) is 14.3 Å². The number of anilines is 2. The van der Waals surface area contributed by atoms with Gasteiger partial charge in [-0.05, 0) is 48.0 Å². The third kappa shape index (κ3) is 5.18. The molecule has 2 amide bonds. The van der Waals surface area contributed by atoms with Crippen LogP contribution in [0.2, 0.25) is 0 Å². The van der Waals surface area contributed by atoms with E-state index in [-0.39, 0.29) is 5.57 Å². The van der Waals surface area contributed by atoms with Gasteiger partial charge in [-0.1, -0.05) is 12.1 Å². The Balaban J connectivity index is 1.78. The molecule has 0 atom stereocenters. The van der Waals surface area contributed by atoms with Crippen molar-refractivity contribution in [1.82, 2.24) is 5.43 Å². The maximum Gasteiger partial charge on any atom is 0.337 e. The topological polar surface area (TPSA) is 79.0 Å². The fourth-order valence-electron chi connectivity index (χ4n) is 3.13. The number of nitrogens with one attached hydrogen (secondary N) is 1. The summed E-state index contributed by atoms with van der Waals surface area (Å²) in [6, 6.07) is 13.6. The zero-order valence-corrected chi connectivity index (χ0v) is 18.3. The number of carbonyl (C=O) groups excluding carboxylic acids is 3. The minimum atomic E-state index is -0.503. The lowest BCUT2D eigenvalue weighted by molar-refractivity contribution is -0.117. The van der Waals surface area contributed by atoms with Crippen molar-refractivity contribution < 1.29 is 19.1 Å². The van der Waals surface area contributed by atoms with E-state index in [0.29, 0.717) is 41.7 Å². The maximum atomic E-state index is 12.8. The first kappa shape index (κ1) is 22.7. The summed E-state index contributed by atoms with van der Waals surface area (Å²) in [6.07, 6.45) is 1.54. The highest BCUT2D eigenvalue weighted by Crippen LogP contribution is 2.23. The minimum absolute atomic E-state index is 0.0168. The Morgan fingerprint density at radius 1 is 1.03 bits per heavy atom. The number of benzene rings is 2. The maximum absolute atomic E-state index is 12.8. The van der Waals surface area contributed by atoms with Crippen LogP contribution in [0.25, 0.3) is 6.08 Å². The second kappa shape index (κ2) is 10.3. The molecule has 1 aliphatic rings. The summed E-state index contributed by atoms with van der Waals surface area (Å²) in [7, 11) is 1.29. The predicted molar refractivity (Wildman–Crippen MR) is 121 cm³/mol. The molecule has 7 nitrogen and oxygen atoms in total. The number of ether oxygens (including phenoxy) is 1. The minimum Gasteiger partial charge on any atom is -0.465 e. The van der Waals surface area contributed by atoms with Gasteiger partial charge in [0.1, 0.15) is 5.57 Å². The van der Waals surface area contributed by atoms with Crippen LogP contribution in [0.3, 0.4) is 0 Å². The zero-order valence-electron chi connectivity index (χ0n) is 16.8. The number of hydrogen-bond donors (Lipinski definition) is 1. The Hall–Kier alpha value is -3.03. The molecule has 3 rings (SSSR count). The van der Waals surface area contributed by atoms with E-state index in [1.807, 2.05) is 24.3 Å². The molecule has 162 valence electrons. The zero-order chi connectivity index (χ0) is 22.4. The van der Waals surface area contributed by atoms with Crippen LogP contribution in [0, 0.1) is 0 Å². The quantitative estimate of drug-likeness (QED) is 0.282. The summed E-state index contributed by atoms with van der Waals surface area (Å²) in [5.41, 5.74) is 5.00. The number of amides is 2. The normalized spacial score (nSPS) is 14.7. The molecule has 1 aliphatic heterocycles. The average molecular weight is 462 g/mol. The van der Waals surface area contributed by atoms with Gasteiger partial charge in [-0.25, -0.2) is 9.80 Å². The van der Waals surface area contributed by atoms with E-state index in [4.69, 9.17) is 23.2 Å². The van der Waals surface area contributed by atoms with E-state index in [1.165, 1.54) is 25.3 Å². The number of hydrazine groups is 1. The van der Waals surface area contributed by atoms with Gasteiger partial charge in [-0.3, -0.25) is 15.0 Å². The van der Waals surface area contributed by atoms with Gasteiger partial charge < -0.3 is 9.64 Å². The molecule has 2 aromatic rings. The van der Waals surface area contributed by atoms with Crippen LogP contribution < -0.4 is 15.3 Å². The molecular formula is C22H21Cl2N3O4. The Morgan fingerprint density at radius 3 is 2.19 bits per heavy atom. The molecule has 0 aromatic heterocycles. The van der Waals surface area contributed by atoms with Crippen LogP contribution >= 0.6 is 23.2 Å². The van der Waals surface area contributed by atoms with Crippen molar-refractivity contribution in [2.75, 3.05) is 41.9 Å². The molecule has 0 unspecified atom stereocenters. The number of esters is 1. The summed E-state index contributed by atoms with van der Waals surface area (Å²) in [6.45, 7) is 1.33. The first-order valence-electron chi connectivity index (χ1n) is 9.51. The lowest BCUT2D eigenvalue weighted by atomic mass is 10.1. The van der Waals surface area contributed by atoms with Gasteiger partial charge in [0, 0.05) is 30.5 Å². The molecule has 1 N–H and O–H groups in total. The van der Waals surface area contributed by atoms with Gasteiger partial charge in [0.15, 0.2) is 0 Å². The van der Waals surface area contributed by atoms with Gasteiger partial charge >= 0.3 is 5.97 Å². The van der Waals surface area contributed by atoms with E-state index in [0.717, 1.165) is 10.7 Å². The van der Waals surface area contributed by atoms with Gasteiger partial charge in [-0.2, -0.15) is 0 Å². The van der Waals surface area contributed by atoms with E-state index < -0.39 is 17.8 Å². The van der Waals surface area contributed by atoms with E-state index in [9.17, 15) is 14.4 Å². The average Bonchev–Trinajstić information content (AvgIpc) is 3.07. The number of hydrogen-bond acceptors (Lipinski definition) is 5. The molecule has 1 fully saturated rings. The third-order valence-electron chi connectivity index (χ3n) is 4.72. The molecule has 9 heteroatoms. The van der Waals surface area contributed by atoms with Crippen molar-refractivity contribution in [2.24, 2.45) is 0 Å². The lowest BCUT2D eigenvalue weighted by Gasteiger charge is -2.22. The van der Waals surface area contributed by atoms with Crippen LogP contribution in [0.5, 0.6) is 0 Å². The van der Waals surface area contributed by atoms with Crippen LogP contribution in [0.1, 0.15) is 15.9 Å². The number of carbonyl (C=O) groups is 3. The molecule has 31 heavy (non-hydrogen) atoms. The second-order valence-corrected chi connectivity index (χ2v) is 7.39. The Kier molecular flexibility index (Phi) is 7.55. The predicted octanol–water partition coefficient (Wildman–Crippen LogP) is 3.22. The Bertz CT molecular complexity index is 985. The van der Waals surface area contributed by atoms with Crippen LogP contribution in [0.15, 0.2) is 54.1 Å². The highest BCUT2D eigenvalue weighted by Gasteiger charge is 2.34. The Labute approximate surface area is 190 Å². The number of rotatable bonds is 8. The number of methoxy groups -OCH3 is 1.